The summed E-state index contributed by atoms with van der Waals surface area (Å²) in [6, 6.07) is 10.6. The minimum atomic E-state index is -0.161. The van der Waals surface area contributed by atoms with Gasteiger partial charge in [-0.3, -0.25) is 4.79 Å². The van der Waals surface area contributed by atoms with Crippen LogP contribution in [0.5, 0.6) is 23.0 Å². The quantitative estimate of drug-likeness (QED) is 0.784. The van der Waals surface area contributed by atoms with Gasteiger partial charge in [0.15, 0.2) is 5.76 Å². The molecule has 0 aliphatic carbocycles. The first-order valence-electron chi connectivity index (χ1n) is 7.59. The van der Waals surface area contributed by atoms with Gasteiger partial charge >= 0.3 is 0 Å². The molecule has 0 atom stereocenters. The van der Waals surface area contributed by atoms with E-state index in [0.29, 0.717) is 35.2 Å². The van der Waals surface area contributed by atoms with Crippen LogP contribution in [0.2, 0.25) is 0 Å². The van der Waals surface area contributed by atoms with Crippen molar-refractivity contribution in [3.8, 4) is 23.0 Å². The van der Waals surface area contributed by atoms with Crippen LogP contribution >= 0.6 is 0 Å². The van der Waals surface area contributed by atoms with Crippen LogP contribution in [-0.4, -0.2) is 26.6 Å². The summed E-state index contributed by atoms with van der Waals surface area (Å²) < 4.78 is 21.7. The molecule has 0 fully saturated rings. The van der Waals surface area contributed by atoms with E-state index >= 15 is 0 Å². The maximum absolute atomic E-state index is 12.5. The average molecular weight is 326 g/mol. The van der Waals surface area contributed by atoms with E-state index in [1.807, 2.05) is 13.0 Å². The van der Waals surface area contributed by atoms with E-state index in [2.05, 4.69) is 0 Å². The second-order valence-electron chi connectivity index (χ2n) is 5.14. The Bertz CT molecular complexity index is 807. The normalized spacial score (nSPS) is 14.3. The zero-order valence-electron chi connectivity index (χ0n) is 13.8. The smallest absolute Gasteiger partial charge is 0.231 e. The molecule has 1 heterocycles. The van der Waals surface area contributed by atoms with Crippen LogP contribution in [0.1, 0.15) is 22.8 Å². The van der Waals surface area contributed by atoms with Crippen molar-refractivity contribution in [1.29, 1.82) is 0 Å². The van der Waals surface area contributed by atoms with Crippen molar-refractivity contribution in [3.05, 3.63) is 53.3 Å². The molecule has 0 saturated heterocycles. The Morgan fingerprint density at radius 1 is 1.04 bits per heavy atom. The maximum Gasteiger partial charge on any atom is 0.231 e. The second kappa shape index (κ2) is 6.66. The molecular weight excluding hydrogens is 308 g/mol. The number of ketones is 1. The van der Waals surface area contributed by atoms with E-state index in [9.17, 15) is 4.79 Å². The van der Waals surface area contributed by atoms with Gasteiger partial charge in [-0.1, -0.05) is 0 Å². The van der Waals surface area contributed by atoms with Crippen LogP contribution in [0, 0.1) is 0 Å². The molecule has 0 unspecified atom stereocenters. The van der Waals surface area contributed by atoms with Crippen molar-refractivity contribution in [2.45, 2.75) is 6.92 Å². The minimum Gasteiger partial charge on any atom is -0.497 e. The standard InChI is InChI=1S/C19H18O5/c1-4-23-14-7-8-15-17(11-14)24-18(19(15)20)9-12-5-6-13(21-2)10-16(12)22-3/h5-11H,4H2,1-3H3/b18-9-. The number of methoxy groups -OCH3 is 2. The highest BCUT2D eigenvalue weighted by molar-refractivity contribution is 6.14. The predicted octanol–water partition coefficient (Wildman–Crippen LogP) is 3.72. The van der Waals surface area contributed by atoms with Gasteiger partial charge in [0.25, 0.3) is 0 Å². The summed E-state index contributed by atoms with van der Waals surface area (Å²) in [6.07, 6.45) is 1.67. The lowest BCUT2D eigenvalue weighted by Crippen LogP contribution is -1.99. The SMILES string of the molecule is CCOc1ccc2c(c1)O/C(=C\c1ccc(OC)cc1OC)C2=O. The summed E-state index contributed by atoms with van der Waals surface area (Å²) in [7, 11) is 3.15. The monoisotopic (exact) mass is 326 g/mol. The third-order valence-corrected chi connectivity index (χ3v) is 3.68. The Labute approximate surface area is 140 Å². The Morgan fingerprint density at radius 3 is 2.54 bits per heavy atom. The molecule has 0 N–H and O–H groups in total. The summed E-state index contributed by atoms with van der Waals surface area (Å²) in [6.45, 7) is 2.46. The van der Waals surface area contributed by atoms with Crippen molar-refractivity contribution >= 4 is 11.9 Å². The van der Waals surface area contributed by atoms with Crippen LogP contribution in [-0.2, 0) is 0 Å². The molecule has 24 heavy (non-hydrogen) atoms. The molecule has 5 heteroatoms. The molecule has 0 spiro atoms. The van der Waals surface area contributed by atoms with E-state index < -0.39 is 0 Å². The molecule has 0 bridgehead atoms. The molecule has 0 saturated carbocycles. The van der Waals surface area contributed by atoms with E-state index in [0.717, 1.165) is 5.56 Å². The lowest BCUT2D eigenvalue weighted by atomic mass is 10.1. The van der Waals surface area contributed by atoms with E-state index in [1.54, 1.807) is 50.6 Å². The lowest BCUT2D eigenvalue weighted by Gasteiger charge is -2.08. The summed E-state index contributed by atoms with van der Waals surface area (Å²) in [5.74, 6) is 2.55. The first-order chi connectivity index (χ1) is 11.7. The van der Waals surface area contributed by atoms with Gasteiger partial charge < -0.3 is 18.9 Å². The highest BCUT2D eigenvalue weighted by atomic mass is 16.5. The Morgan fingerprint density at radius 2 is 1.83 bits per heavy atom. The Balaban J connectivity index is 1.94. The first kappa shape index (κ1) is 15.9. The number of allylic oxidation sites excluding steroid dienone is 1. The van der Waals surface area contributed by atoms with Crippen LogP contribution in [0.3, 0.4) is 0 Å². The lowest BCUT2D eigenvalue weighted by molar-refractivity contribution is 0.101. The van der Waals surface area contributed by atoms with Gasteiger partial charge in [0.2, 0.25) is 5.78 Å². The van der Waals surface area contributed by atoms with Crippen molar-refractivity contribution < 1.29 is 23.7 Å². The van der Waals surface area contributed by atoms with Gasteiger partial charge in [-0.05, 0) is 37.3 Å². The fourth-order valence-corrected chi connectivity index (χ4v) is 2.50. The molecule has 5 nitrogen and oxygen atoms in total. The summed E-state index contributed by atoms with van der Waals surface area (Å²) in [5, 5.41) is 0. The number of carbonyl (C=O) groups is 1. The van der Waals surface area contributed by atoms with Crippen LogP contribution in [0.4, 0.5) is 0 Å². The molecule has 3 rings (SSSR count). The van der Waals surface area contributed by atoms with Crippen molar-refractivity contribution in [3.63, 3.8) is 0 Å². The summed E-state index contributed by atoms with van der Waals surface area (Å²) in [5.41, 5.74) is 1.26. The average Bonchev–Trinajstić information content (AvgIpc) is 2.91. The molecule has 1 aliphatic heterocycles. The van der Waals surface area contributed by atoms with E-state index in [4.69, 9.17) is 18.9 Å². The largest absolute Gasteiger partial charge is 0.497 e. The number of fused-ring (bicyclic) bond motifs is 1. The zero-order chi connectivity index (χ0) is 17.1. The van der Waals surface area contributed by atoms with E-state index in [1.165, 1.54) is 0 Å². The van der Waals surface area contributed by atoms with Gasteiger partial charge in [-0.2, -0.15) is 0 Å². The molecule has 2 aromatic rings. The number of hydrogen-bond acceptors (Lipinski definition) is 5. The number of benzene rings is 2. The fourth-order valence-electron chi connectivity index (χ4n) is 2.50. The third-order valence-electron chi connectivity index (χ3n) is 3.68. The summed E-state index contributed by atoms with van der Waals surface area (Å²) in [4.78, 5) is 12.5. The molecule has 124 valence electrons. The molecule has 1 aliphatic rings. The summed E-state index contributed by atoms with van der Waals surface area (Å²) >= 11 is 0. The van der Waals surface area contributed by atoms with Crippen molar-refractivity contribution in [1.82, 2.24) is 0 Å². The van der Waals surface area contributed by atoms with Gasteiger partial charge in [0.05, 0.1) is 26.4 Å². The first-order valence-corrected chi connectivity index (χ1v) is 7.59. The van der Waals surface area contributed by atoms with Gasteiger partial charge in [0, 0.05) is 17.7 Å². The minimum absolute atomic E-state index is 0.161. The van der Waals surface area contributed by atoms with Gasteiger partial charge in [-0.25, -0.2) is 0 Å². The number of Topliss-reactive ketones (excluding diaryl/α,β-unsaturated/α-hetero) is 1. The second-order valence-corrected chi connectivity index (χ2v) is 5.14. The number of carbonyl (C=O) groups excluding carboxylic acids is 1. The van der Waals surface area contributed by atoms with E-state index in [-0.39, 0.29) is 11.5 Å². The molecule has 0 amide bonds. The van der Waals surface area contributed by atoms with Crippen molar-refractivity contribution in [2.75, 3.05) is 20.8 Å². The highest BCUT2D eigenvalue weighted by Gasteiger charge is 2.28. The van der Waals surface area contributed by atoms with Crippen LogP contribution in [0.25, 0.3) is 6.08 Å². The number of hydrogen-bond donors (Lipinski definition) is 0. The van der Waals surface area contributed by atoms with Crippen molar-refractivity contribution in [2.24, 2.45) is 0 Å². The number of rotatable bonds is 5. The van der Waals surface area contributed by atoms with Crippen LogP contribution in [0.15, 0.2) is 42.2 Å². The highest BCUT2D eigenvalue weighted by Crippen LogP contribution is 2.36. The van der Waals surface area contributed by atoms with Gasteiger partial charge in [-0.15, -0.1) is 0 Å². The Hall–Kier alpha value is -2.95. The topological polar surface area (TPSA) is 54.0 Å². The fraction of sp³-hybridized carbons (Fsp3) is 0.211. The molecular formula is C19H18O5. The predicted molar refractivity (Wildman–Crippen MR) is 90.1 cm³/mol. The Kier molecular flexibility index (Phi) is 4.42. The van der Waals surface area contributed by atoms with Crippen LogP contribution < -0.4 is 18.9 Å². The third kappa shape index (κ3) is 2.93. The molecule has 2 aromatic carbocycles. The number of ether oxygens (including phenoxy) is 4. The molecule has 0 aromatic heterocycles. The zero-order valence-corrected chi connectivity index (χ0v) is 13.8. The van der Waals surface area contributed by atoms with Gasteiger partial charge in [0.1, 0.15) is 23.0 Å². The molecule has 0 radical (unpaired) electrons. The maximum atomic E-state index is 12.5.